The highest BCUT2D eigenvalue weighted by atomic mass is 35.5. The molecule has 0 aliphatic carbocycles. The Morgan fingerprint density at radius 3 is 2.50 bits per heavy atom. The van der Waals surface area contributed by atoms with E-state index in [2.05, 4.69) is 15.3 Å². The van der Waals surface area contributed by atoms with Gasteiger partial charge < -0.3 is 10.2 Å². The molecule has 14 heavy (non-hydrogen) atoms. The number of aryl methyl sites for hydroxylation is 2. The summed E-state index contributed by atoms with van der Waals surface area (Å²) in [5.41, 5.74) is 0.905. The van der Waals surface area contributed by atoms with E-state index in [1.54, 1.807) is 0 Å². The Kier molecular flexibility index (Phi) is 2.65. The van der Waals surface area contributed by atoms with E-state index in [-0.39, 0.29) is 0 Å². The predicted octanol–water partition coefficient (Wildman–Crippen LogP) is 0.792. The van der Waals surface area contributed by atoms with Crippen LogP contribution in [-0.2, 0) is 7.05 Å². The minimum atomic E-state index is 0.786. The molecule has 0 saturated carbocycles. The molecule has 0 amide bonds. The minimum absolute atomic E-state index is 0.786. The van der Waals surface area contributed by atoms with E-state index in [0.717, 1.165) is 42.7 Å². The number of nitrogens with one attached hydrogen (secondary N) is 1. The molecule has 0 radical (unpaired) electrons. The van der Waals surface area contributed by atoms with Crippen molar-refractivity contribution in [1.29, 1.82) is 0 Å². The molecule has 5 heteroatoms. The summed E-state index contributed by atoms with van der Waals surface area (Å²) >= 11 is 6.20. The average Bonchev–Trinajstić information content (AvgIpc) is 2.43. The van der Waals surface area contributed by atoms with E-state index < -0.39 is 0 Å². The quantitative estimate of drug-likeness (QED) is 0.751. The second kappa shape index (κ2) is 3.79. The van der Waals surface area contributed by atoms with Gasteiger partial charge in [-0.25, -0.2) is 0 Å². The molecule has 0 atom stereocenters. The van der Waals surface area contributed by atoms with Crippen LogP contribution in [0.2, 0.25) is 5.02 Å². The third kappa shape index (κ3) is 1.60. The van der Waals surface area contributed by atoms with Crippen LogP contribution >= 0.6 is 11.6 Å². The summed E-state index contributed by atoms with van der Waals surface area (Å²) in [6, 6.07) is 0. The van der Waals surface area contributed by atoms with Crippen LogP contribution in [0.3, 0.4) is 0 Å². The van der Waals surface area contributed by atoms with Crippen molar-refractivity contribution >= 4 is 17.4 Å². The predicted molar refractivity (Wildman–Crippen MR) is 58.0 cm³/mol. The number of aromatic nitrogens is 2. The van der Waals surface area contributed by atoms with Gasteiger partial charge >= 0.3 is 0 Å². The average molecular weight is 215 g/mol. The summed E-state index contributed by atoms with van der Waals surface area (Å²) in [7, 11) is 1.94. The van der Waals surface area contributed by atoms with Gasteiger partial charge in [0.25, 0.3) is 0 Å². The fraction of sp³-hybridized carbons (Fsp3) is 0.667. The molecule has 0 aromatic carbocycles. The van der Waals surface area contributed by atoms with Gasteiger partial charge in [0.1, 0.15) is 10.8 Å². The molecule has 1 N–H and O–H groups in total. The van der Waals surface area contributed by atoms with Crippen molar-refractivity contribution in [3.8, 4) is 0 Å². The molecular formula is C9H15ClN4. The first-order valence-corrected chi connectivity index (χ1v) is 5.22. The highest BCUT2D eigenvalue weighted by Crippen LogP contribution is 2.28. The number of hydrogen-bond acceptors (Lipinski definition) is 3. The zero-order valence-electron chi connectivity index (χ0n) is 8.55. The van der Waals surface area contributed by atoms with Crippen LogP contribution < -0.4 is 10.2 Å². The Hall–Kier alpha value is -0.740. The molecule has 2 rings (SSSR count). The maximum absolute atomic E-state index is 6.20. The number of hydrogen-bond donors (Lipinski definition) is 1. The van der Waals surface area contributed by atoms with E-state index in [1.807, 2.05) is 18.7 Å². The van der Waals surface area contributed by atoms with E-state index >= 15 is 0 Å². The molecular weight excluding hydrogens is 200 g/mol. The monoisotopic (exact) mass is 214 g/mol. The summed E-state index contributed by atoms with van der Waals surface area (Å²) in [5, 5.41) is 8.41. The van der Waals surface area contributed by atoms with Gasteiger partial charge in [-0.1, -0.05) is 11.6 Å². The van der Waals surface area contributed by atoms with Gasteiger partial charge in [0.15, 0.2) is 0 Å². The normalized spacial score (nSPS) is 17.5. The number of rotatable bonds is 1. The van der Waals surface area contributed by atoms with Crippen LogP contribution in [0.15, 0.2) is 0 Å². The fourth-order valence-corrected chi connectivity index (χ4v) is 2.12. The van der Waals surface area contributed by atoms with Crippen molar-refractivity contribution in [3.63, 3.8) is 0 Å². The van der Waals surface area contributed by atoms with Crippen molar-refractivity contribution in [1.82, 2.24) is 15.1 Å². The van der Waals surface area contributed by atoms with E-state index in [4.69, 9.17) is 11.6 Å². The molecule has 1 aromatic heterocycles. The minimum Gasteiger partial charge on any atom is -0.353 e. The Morgan fingerprint density at radius 2 is 2.00 bits per heavy atom. The van der Waals surface area contributed by atoms with Crippen molar-refractivity contribution in [2.75, 3.05) is 31.1 Å². The molecule has 1 aliphatic rings. The molecule has 1 fully saturated rings. The molecule has 4 nitrogen and oxygen atoms in total. The second-order valence-electron chi connectivity index (χ2n) is 3.58. The molecule has 1 saturated heterocycles. The number of anilines is 1. The zero-order valence-corrected chi connectivity index (χ0v) is 9.30. The SMILES string of the molecule is Cc1nn(C)c(N2CCNCC2)c1Cl. The van der Waals surface area contributed by atoms with E-state index in [9.17, 15) is 0 Å². The van der Waals surface area contributed by atoms with Crippen LogP contribution in [0.5, 0.6) is 0 Å². The van der Waals surface area contributed by atoms with Crippen LogP contribution in [0.1, 0.15) is 5.69 Å². The first-order valence-electron chi connectivity index (χ1n) is 4.85. The molecule has 1 aromatic rings. The molecule has 2 heterocycles. The standard InChI is InChI=1S/C9H15ClN4/c1-7-8(10)9(13(2)12-7)14-5-3-11-4-6-14/h11H,3-6H2,1-2H3. The summed E-state index contributed by atoms with van der Waals surface area (Å²) in [4.78, 5) is 2.28. The lowest BCUT2D eigenvalue weighted by Crippen LogP contribution is -2.44. The van der Waals surface area contributed by atoms with Gasteiger partial charge in [-0.2, -0.15) is 5.10 Å². The number of halogens is 1. The highest BCUT2D eigenvalue weighted by Gasteiger charge is 2.19. The van der Waals surface area contributed by atoms with Gasteiger partial charge in [-0.05, 0) is 6.92 Å². The summed E-state index contributed by atoms with van der Waals surface area (Å²) in [6.45, 7) is 5.96. The van der Waals surface area contributed by atoms with E-state index in [0.29, 0.717) is 0 Å². The molecule has 0 bridgehead atoms. The van der Waals surface area contributed by atoms with Gasteiger partial charge in [0.2, 0.25) is 0 Å². The summed E-state index contributed by atoms with van der Waals surface area (Å²) in [5.74, 6) is 1.05. The van der Waals surface area contributed by atoms with Crippen LogP contribution in [0.25, 0.3) is 0 Å². The first-order chi connectivity index (χ1) is 6.70. The highest BCUT2D eigenvalue weighted by molar-refractivity contribution is 6.33. The maximum Gasteiger partial charge on any atom is 0.145 e. The van der Waals surface area contributed by atoms with Crippen LogP contribution in [-0.4, -0.2) is 36.0 Å². The second-order valence-corrected chi connectivity index (χ2v) is 3.96. The lowest BCUT2D eigenvalue weighted by molar-refractivity contribution is 0.572. The van der Waals surface area contributed by atoms with Gasteiger partial charge in [-0.15, -0.1) is 0 Å². The smallest absolute Gasteiger partial charge is 0.145 e. The Labute approximate surface area is 88.8 Å². The van der Waals surface area contributed by atoms with Crippen LogP contribution in [0.4, 0.5) is 5.82 Å². The van der Waals surface area contributed by atoms with Gasteiger partial charge in [0, 0.05) is 33.2 Å². The molecule has 1 aliphatic heterocycles. The Bertz CT molecular complexity index is 328. The van der Waals surface area contributed by atoms with Crippen molar-refractivity contribution < 1.29 is 0 Å². The van der Waals surface area contributed by atoms with Crippen molar-refractivity contribution in [3.05, 3.63) is 10.7 Å². The maximum atomic E-state index is 6.20. The molecule has 0 spiro atoms. The third-order valence-electron chi connectivity index (χ3n) is 2.54. The Morgan fingerprint density at radius 1 is 1.36 bits per heavy atom. The van der Waals surface area contributed by atoms with E-state index in [1.165, 1.54) is 0 Å². The number of nitrogens with zero attached hydrogens (tertiary/aromatic N) is 3. The third-order valence-corrected chi connectivity index (χ3v) is 2.98. The van der Waals surface area contributed by atoms with Gasteiger partial charge in [-0.3, -0.25) is 4.68 Å². The summed E-state index contributed by atoms with van der Waals surface area (Å²) < 4.78 is 1.86. The topological polar surface area (TPSA) is 33.1 Å². The lowest BCUT2D eigenvalue weighted by atomic mass is 10.3. The summed E-state index contributed by atoms with van der Waals surface area (Å²) in [6.07, 6.45) is 0. The first kappa shape index (κ1) is 9.80. The van der Waals surface area contributed by atoms with Crippen LogP contribution in [0, 0.1) is 6.92 Å². The lowest BCUT2D eigenvalue weighted by Gasteiger charge is -2.29. The van der Waals surface area contributed by atoms with Crippen molar-refractivity contribution in [2.24, 2.45) is 7.05 Å². The van der Waals surface area contributed by atoms with Crippen molar-refractivity contribution in [2.45, 2.75) is 6.92 Å². The molecule has 78 valence electrons. The zero-order chi connectivity index (χ0) is 10.1. The molecule has 0 unspecified atom stereocenters. The van der Waals surface area contributed by atoms with Gasteiger partial charge in [0.05, 0.1) is 5.69 Å². The fourth-order valence-electron chi connectivity index (χ4n) is 1.84. The Balaban J connectivity index is 2.29. The number of piperazine rings is 1. The largest absolute Gasteiger partial charge is 0.353 e.